The first-order chi connectivity index (χ1) is 6.24. The highest BCUT2D eigenvalue weighted by atomic mass is 16.5. The number of allylic oxidation sites excluding steroid dienone is 2. The van der Waals surface area contributed by atoms with Crippen molar-refractivity contribution in [1.82, 2.24) is 0 Å². The molecule has 72 valence electrons. The van der Waals surface area contributed by atoms with Crippen molar-refractivity contribution in [3.63, 3.8) is 0 Å². The molecule has 0 aromatic rings. The molecule has 0 aromatic carbocycles. The zero-order valence-corrected chi connectivity index (χ0v) is 8.71. The van der Waals surface area contributed by atoms with Crippen molar-refractivity contribution in [2.45, 2.75) is 32.8 Å². The Morgan fingerprint density at radius 1 is 1.23 bits per heavy atom. The van der Waals surface area contributed by atoms with E-state index in [1.54, 1.807) is 18.3 Å². The molecule has 13 heavy (non-hydrogen) atoms. The van der Waals surface area contributed by atoms with Crippen LogP contribution >= 0.6 is 0 Å². The molecule has 1 heteroatoms. The summed E-state index contributed by atoms with van der Waals surface area (Å²) < 4.78 is 5.45. The fourth-order valence-electron chi connectivity index (χ4n) is 2.59. The molecule has 0 bridgehead atoms. The minimum atomic E-state index is 0.271. The first-order valence-electron chi connectivity index (χ1n) is 5.19. The van der Waals surface area contributed by atoms with Crippen LogP contribution in [-0.2, 0) is 4.74 Å². The SMILES string of the molecule is COC1C=CC2=C1C(C)CCC2C. The minimum absolute atomic E-state index is 0.271. The van der Waals surface area contributed by atoms with E-state index in [-0.39, 0.29) is 6.10 Å². The number of rotatable bonds is 1. The second kappa shape index (κ2) is 3.30. The quantitative estimate of drug-likeness (QED) is 0.600. The van der Waals surface area contributed by atoms with Gasteiger partial charge in [0.25, 0.3) is 0 Å². The summed E-state index contributed by atoms with van der Waals surface area (Å²) in [5, 5.41) is 0. The fraction of sp³-hybridized carbons (Fsp3) is 0.667. The summed E-state index contributed by atoms with van der Waals surface area (Å²) in [6.07, 6.45) is 7.39. The maximum atomic E-state index is 5.45. The molecule has 1 nitrogen and oxygen atoms in total. The average Bonchev–Trinajstić information content (AvgIpc) is 2.56. The molecule has 2 aliphatic rings. The van der Waals surface area contributed by atoms with Gasteiger partial charge in [-0.3, -0.25) is 0 Å². The van der Waals surface area contributed by atoms with Crippen LogP contribution in [0.3, 0.4) is 0 Å². The molecular formula is C12H18O. The van der Waals surface area contributed by atoms with E-state index in [1.165, 1.54) is 12.8 Å². The van der Waals surface area contributed by atoms with Gasteiger partial charge in [-0.15, -0.1) is 0 Å². The molecule has 0 spiro atoms. The Morgan fingerprint density at radius 2 is 1.92 bits per heavy atom. The van der Waals surface area contributed by atoms with Gasteiger partial charge in [-0.25, -0.2) is 0 Å². The van der Waals surface area contributed by atoms with Gasteiger partial charge in [0.2, 0.25) is 0 Å². The molecule has 3 unspecified atom stereocenters. The van der Waals surface area contributed by atoms with E-state index in [0.29, 0.717) is 5.92 Å². The number of methoxy groups -OCH3 is 1. The maximum Gasteiger partial charge on any atom is 0.0974 e. The Bertz CT molecular complexity index is 262. The lowest BCUT2D eigenvalue weighted by Gasteiger charge is -2.29. The predicted molar refractivity (Wildman–Crippen MR) is 54.5 cm³/mol. The van der Waals surface area contributed by atoms with Gasteiger partial charge < -0.3 is 4.74 Å². The second-order valence-corrected chi connectivity index (χ2v) is 4.31. The van der Waals surface area contributed by atoms with Crippen LogP contribution in [0.15, 0.2) is 23.3 Å². The Labute approximate surface area is 80.5 Å². The van der Waals surface area contributed by atoms with Crippen LogP contribution in [0.5, 0.6) is 0 Å². The summed E-state index contributed by atoms with van der Waals surface area (Å²) in [5.74, 6) is 1.45. The predicted octanol–water partition coefficient (Wildman–Crippen LogP) is 2.93. The van der Waals surface area contributed by atoms with Gasteiger partial charge in [0, 0.05) is 7.11 Å². The summed E-state index contributed by atoms with van der Waals surface area (Å²) in [6, 6.07) is 0. The molecule has 0 saturated heterocycles. The molecule has 2 rings (SSSR count). The molecule has 3 atom stereocenters. The molecule has 0 amide bonds. The Hall–Kier alpha value is -0.560. The van der Waals surface area contributed by atoms with Crippen LogP contribution in [-0.4, -0.2) is 13.2 Å². The lowest BCUT2D eigenvalue weighted by atomic mass is 9.79. The molecule has 0 radical (unpaired) electrons. The second-order valence-electron chi connectivity index (χ2n) is 4.31. The lowest BCUT2D eigenvalue weighted by molar-refractivity contribution is 0.158. The van der Waals surface area contributed by atoms with E-state index in [2.05, 4.69) is 26.0 Å². The lowest BCUT2D eigenvalue weighted by Crippen LogP contribution is -2.21. The summed E-state index contributed by atoms with van der Waals surface area (Å²) in [5.41, 5.74) is 3.09. The summed E-state index contributed by atoms with van der Waals surface area (Å²) in [7, 11) is 1.80. The Kier molecular flexibility index (Phi) is 2.29. The molecule has 2 aliphatic carbocycles. The average molecular weight is 178 g/mol. The summed E-state index contributed by atoms with van der Waals surface area (Å²) in [6.45, 7) is 4.64. The summed E-state index contributed by atoms with van der Waals surface area (Å²) >= 11 is 0. The van der Waals surface area contributed by atoms with Crippen molar-refractivity contribution in [2.24, 2.45) is 11.8 Å². The first kappa shape index (κ1) is 9.01. The third-order valence-corrected chi connectivity index (χ3v) is 3.44. The van der Waals surface area contributed by atoms with Crippen molar-refractivity contribution < 1.29 is 4.74 Å². The number of hydrogen-bond donors (Lipinski definition) is 0. The van der Waals surface area contributed by atoms with Crippen LogP contribution in [0, 0.1) is 11.8 Å². The molecule has 0 aliphatic heterocycles. The first-order valence-corrected chi connectivity index (χ1v) is 5.19. The highest BCUT2D eigenvalue weighted by molar-refractivity contribution is 5.42. The monoisotopic (exact) mass is 178 g/mol. The van der Waals surface area contributed by atoms with Crippen LogP contribution < -0.4 is 0 Å². The standard InChI is InChI=1S/C12H18O/c1-8-4-5-9(2)12-10(8)6-7-11(12)13-3/h6-9,11H,4-5H2,1-3H3. The van der Waals surface area contributed by atoms with Gasteiger partial charge in [-0.1, -0.05) is 26.0 Å². The van der Waals surface area contributed by atoms with Crippen molar-refractivity contribution in [2.75, 3.05) is 7.11 Å². The smallest absolute Gasteiger partial charge is 0.0974 e. The minimum Gasteiger partial charge on any atom is -0.373 e. The Balaban J connectivity index is 2.33. The molecule has 0 N–H and O–H groups in total. The summed E-state index contributed by atoms with van der Waals surface area (Å²) in [4.78, 5) is 0. The van der Waals surface area contributed by atoms with Crippen molar-refractivity contribution >= 4 is 0 Å². The largest absolute Gasteiger partial charge is 0.373 e. The highest BCUT2D eigenvalue weighted by Crippen LogP contribution is 2.40. The van der Waals surface area contributed by atoms with E-state index >= 15 is 0 Å². The van der Waals surface area contributed by atoms with Crippen molar-refractivity contribution in [3.05, 3.63) is 23.3 Å². The molecule has 0 saturated carbocycles. The van der Waals surface area contributed by atoms with E-state index in [9.17, 15) is 0 Å². The van der Waals surface area contributed by atoms with Crippen LogP contribution in [0.2, 0.25) is 0 Å². The fourth-order valence-corrected chi connectivity index (χ4v) is 2.59. The van der Waals surface area contributed by atoms with Gasteiger partial charge in [0.1, 0.15) is 0 Å². The normalized spacial score (nSPS) is 38.2. The van der Waals surface area contributed by atoms with Gasteiger partial charge in [-0.2, -0.15) is 0 Å². The van der Waals surface area contributed by atoms with Gasteiger partial charge >= 0.3 is 0 Å². The molecule has 0 fully saturated rings. The van der Waals surface area contributed by atoms with Gasteiger partial charge in [-0.05, 0) is 35.8 Å². The van der Waals surface area contributed by atoms with E-state index < -0.39 is 0 Å². The van der Waals surface area contributed by atoms with E-state index in [1.807, 2.05) is 0 Å². The molecule has 0 aromatic heterocycles. The van der Waals surface area contributed by atoms with E-state index in [4.69, 9.17) is 4.74 Å². The zero-order valence-electron chi connectivity index (χ0n) is 8.71. The van der Waals surface area contributed by atoms with Crippen LogP contribution in [0.1, 0.15) is 26.7 Å². The van der Waals surface area contributed by atoms with Crippen LogP contribution in [0.4, 0.5) is 0 Å². The topological polar surface area (TPSA) is 9.23 Å². The number of ether oxygens (including phenoxy) is 1. The highest BCUT2D eigenvalue weighted by Gasteiger charge is 2.30. The molecule has 0 heterocycles. The maximum absolute atomic E-state index is 5.45. The van der Waals surface area contributed by atoms with Crippen molar-refractivity contribution in [1.29, 1.82) is 0 Å². The van der Waals surface area contributed by atoms with Gasteiger partial charge in [0.15, 0.2) is 0 Å². The number of hydrogen-bond acceptors (Lipinski definition) is 1. The van der Waals surface area contributed by atoms with Gasteiger partial charge in [0.05, 0.1) is 6.10 Å². The zero-order chi connectivity index (χ0) is 9.42. The van der Waals surface area contributed by atoms with Crippen molar-refractivity contribution in [3.8, 4) is 0 Å². The van der Waals surface area contributed by atoms with E-state index in [0.717, 1.165) is 5.92 Å². The molecular weight excluding hydrogens is 160 g/mol. The third kappa shape index (κ3) is 1.35. The Morgan fingerprint density at radius 3 is 2.62 bits per heavy atom. The van der Waals surface area contributed by atoms with Crippen LogP contribution in [0.25, 0.3) is 0 Å². The third-order valence-electron chi connectivity index (χ3n) is 3.44.